The van der Waals surface area contributed by atoms with Crippen molar-refractivity contribution in [1.29, 1.82) is 0 Å². The van der Waals surface area contributed by atoms with Crippen molar-refractivity contribution >= 4 is 6.08 Å². The molecule has 0 bridgehead atoms. The second-order valence-electron chi connectivity index (χ2n) is 5.40. The standard InChI is InChI=1S/C19H20O4/c1-21-13-6-4-12(5-7-13)14-8-9-15-16(22-2)10-11-17(23-3)18(15)19(14)20/h4-11,14,19-20H,1-3H3/t14-,19+/m1/s1. The van der Waals surface area contributed by atoms with Crippen molar-refractivity contribution in [2.45, 2.75) is 12.0 Å². The monoisotopic (exact) mass is 312 g/mol. The molecule has 0 spiro atoms. The van der Waals surface area contributed by atoms with Crippen molar-refractivity contribution in [3.05, 3.63) is 59.2 Å². The molecule has 4 nitrogen and oxygen atoms in total. The number of hydrogen-bond donors (Lipinski definition) is 1. The Hall–Kier alpha value is -2.46. The van der Waals surface area contributed by atoms with Crippen molar-refractivity contribution in [3.63, 3.8) is 0 Å². The van der Waals surface area contributed by atoms with Crippen LogP contribution in [-0.4, -0.2) is 26.4 Å². The largest absolute Gasteiger partial charge is 0.497 e. The van der Waals surface area contributed by atoms with Gasteiger partial charge in [-0.25, -0.2) is 0 Å². The number of methoxy groups -OCH3 is 3. The lowest BCUT2D eigenvalue weighted by Gasteiger charge is -2.28. The Morgan fingerprint density at radius 3 is 2.09 bits per heavy atom. The molecule has 1 aliphatic rings. The van der Waals surface area contributed by atoms with Crippen molar-refractivity contribution in [2.24, 2.45) is 0 Å². The molecule has 1 N–H and O–H groups in total. The second kappa shape index (κ2) is 6.34. The summed E-state index contributed by atoms with van der Waals surface area (Å²) in [6, 6.07) is 11.4. The van der Waals surface area contributed by atoms with Gasteiger partial charge in [-0.1, -0.05) is 24.3 Å². The van der Waals surface area contributed by atoms with Gasteiger partial charge < -0.3 is 19.3 Å². The number of ether oxygens (including phenoxy) is 3. The average Bonchev–Trinajstić information content (AvgIpc) is 2.61. The van der Waals surface area contributed by atoms with Crippen LogP contribution in [0.15, 0.2) is 42.5 Å². The summed E-state index contributed by atoms with van der Waals surface area (Å²) in [5.74, 6) is 2.04. The topological polar surface area (TPSA) is 47.9 Å². The summed E-state index contributed by atoms with van der Waals surface area (Å²) in [5.41, 5.74) is 2.64. The maximum atomic E-state index is 10.9. The Labute approximate surface area is 135 Å². The molecule has 120 valence electrons. The highest BCUT2D eigenvalue weighted by molar-refractivity contribution is 5.69. The minimum atomic E-state index is -0.701. The average molecular weight is 312 g/mol. The summed E-state index contributed by atoms with van der Waals surface area (Å²) in [5, 5.41) is 10.9. The van der Waals surface area contributed by atoms with Crippen LogP contribution in [0.5, 0.6) is 17.2 Å². The van der Waals surface area contributed by atoms with Crippen LogP contribution < -0.4 is 14.2 Å². The molecule has 0 radical (unpaired) electrons. The molecule has 2 atom stereocenters. The van der Waals surface area contributed by atoms with E-state index in [1.807, 2.05) is 48.6 Å². The third-order valence-electron chi connectivity index (χ3n) is 4.25. The number of aliphatic hydroxyl groups is 1. The number of rotatable bonds is 4. The molecule has 0 aromatic heterocycles. The predicted octanol–water partition coefficient (Wildman–Crippen LogP) is 3.56. The highest BCUT2D eigenvalue weighted by Crippen LogP contribution is 2.45. The quantitative estimate of drug-likeness (QED) is 0.938. The van der Waals surface area contributed by atoms with Gasteiger partial charge in [0.25, 0.3) is 0 Å². The predicted molar refractivity (Wildman–Crippen MR) is 89.3 cm³/mol. The van der Waals surface area contributed by atoms with Crippen LogP contribution in [0.4, 0.5) is 0 Å². The minimum Gasteiger partial charge on any atom is -0.497 e. The Morgan fingerprint density at radius 1 is 0.826 bits per heavy atom. The Bertz CT molecular complexity index is 719. The molecule has 0 fully saturated rings. The maximum Gasteiger partial charge on any atom is 0.126 e. The van der Waals surface area contributed by atoms with Crippen molar-refractivity contribution in [1.82, 2.24) is 0 Å². The molecule has 3 rings (SSSR count). The molecule has 0 saturated heterocycles. The summed E-state index contributed by atoms with van der Waals surface area (Å²) in [4.78, 5) is 0. The maximum absolute atomic E-state index is 10.9. The molecule has 1 aliphatic carbocycles. The highest BCUT2D eigenvalue weighted by Gasteiger charge is 2.30. The van der Waals surface area contributed by atoms with Crippen LogP contribution in [-0.2, 0) is 0 Å². The molecule has 0 saturated carbocycles. The van der Waals surface area contributed by atoms with Crippen LogP contribution in [0.3, 0.4) is 0 Å². The molecule has 2 aromatic rings. The van der Waals surface area contributed by atoms with Crippen LogP contribution in [0.25, 0.3) is 6.08 Å². The third kappa shape index (κ3) is 2.66. The summed E-state index contributed by atoms with van der Waals surface area (Å²) in [6.07, 6.45) is 3.28. The first kappa shape index (κ1) is 15.4. The fourth-order valence-corrected chi connectivity index (χ4v) is 3.03. The van der Waals surface area contributed by atoms with Crippen molar-refractivity contribution in [3.8, 4) is 17.2 Å². The van der Waals surface area contributed by atoms with Gasteiger partial charge >= 0.3 is 0 Å². The number of benzene rings is 2. The van der Waals surface area contributed by atoms with Gasteiger partial charge in [-0.2, -0.15) is 0 Å². The minimum absolute atomic E-state index is 0.144. The van der Waals surface area contributed by atoms with Crippen LogP contribution >= 0.6 is 0 Å². The Morgan fingerprint density at radius 2 is 1.48 bits per heavy atom. The van der Waals surface area contributed by atoms with Gasteiger partial charge in [-0.3, -0.25) is 0 Å². The van der Waals surface area contributed by atoms with Gasteiger partial charge in [0, 0.05) is 17.0 Å². The van der Waals surface area contributed by atoms with Gasteiger partial charge in [-0.15, -0.1) is 0 Å². The fourth-order valence-electron chi connectivity index (χ4n) is 3.03. The molecule has 0 aliphatic heterocycles. The van der Waals surface area contributed by atoms with E-state index in [4.69, 9.17) is 14.2 Å². The zero-order valence-electron chi connectivity index (χ0n) is 13.4. The third-order valence-corrected chi connectivity index (χ3v) is 4.25. The van der Waals surface area contributed by atoms with E-state index in [1.54, 1.807) is 21.3 Å². The molecule has 2 aromatic carbocycles. The number of fused-ring (bicyclic) bond motifs is 1. The van der Waals surface area contributed by atoms with E-state index >= 15 is 0 Å². The first-order valence-electron chi connectivity index (χ1n) is 7.44. The number of aliphatic hydroxyl groups excluding tert-OH is 1. The van der Waals surface area contributed by atoms with Crippen LogP contribution in [0.1, 0.15) is 28.7 Å². The summed E-state index contributed by atoms with van der Waals surface area (Å²) >= 11 is 0. The van der Waals surface area contributed by atoms with E-state index in [-0.39, 0.29) is 5.92 Å². The summed E-state index contributed by atoms with van der Waals surface area (Å²) in [7, 11) is 4.87. The summed E-state index contributed by atoms with van der Waals surface area (Å²) < 4.78 is 16.0. The lowest BCUT2D eigenvalue weighted by atomic mass is 9.82. The zero-order chi connectivity index (χ0) is 16.4. The second-order valence-corrected chi connectivity index (χ2v) is 5.40. The van der Waals surface area contributed by atoms with Gasteiger partial charge in [-0.05, 0) is 29.8 Å². The first-order valence-corrected chi connectivity index (χ1v) is 7.44. The zero-order valence-corrected chi connectivity index (χ0v) is 13.4. The fraction of sp³-hybridized carbons (Fsp3) is 0.263. The van der Waals surface area contributed by atoms with Crippen LogP contribution in [0.2, 0.25) is 0 Å². The molecule has 4 heteroatoms. The van der Waals surface area contributed by atoms with Crippen molar-refractivity contribution in [2.75, 3.05) is 21.3 Å². The van der Waals surface area contributed by atoms with Crippen LogP contribution in [0, 0.1) is 0 Å². The molecule has 0 unspecified atom stereocenters. The van der Waals surface area contributed by atoms with Gasteiger partial charge in [0.15, 0.2) is 0 Å². The smallest absolute Gasteiger partial charge is 0.126 e. The van der Waals surface area contributed by atoms with E-state index in [0.717, 1.165) is 28.2 Å². The van der Waals surface area contributed by atoms with E-state index in [2.05, 4.69) is 0 Å². The Balaban J connectivity index is 2.04. The molecule has 0 amide bonds. The van der Waals surface area contributed by atoms with Gasteiger partial charge in [0.2, 0.25) is 0 Å². The van der Waals surface area contributed by atoms with E-state index in [9.17, 15) is 5.11 Å². The summed E-state index contributed by atoms with van der Waals surface area (Å²) in [6.45, 7) is 0. The number of hydrogen-bond acceptors (Lipinski definition) is 4. The molecule has 23 heavy (non-hydrogen) atoms. The lowest BCUT2D eigenvalue weighted by Crippen LogP contribution is -2.15. The normalized spacial score (nSPS) is 19.1. The lowest BCUT2D eigenvalue weighted by molar-refractivity contribution is 0.155. The van der Waals surface area contributed by atoms with E-state index in [0.29, 0.717) is 5.75 Å². The Kier molecular flexibility index (Phi) is 4.26. The van der Waals surface area contributed by atoms with Gasteiger partial charge in [0.1, 0.15) is 17.2 Å². The molecular formula is C19H20O4. The van der Waals surface area contributed by atoms with Crippen molar-refractivity contribution < 1.29 is 19.3 Å². The molecular weight excluding hydrogens is 292 g/mol. The van der Waals surface area contributed by atoms with E-state index < -0.39 is 6.10 Å². The SMILES string of the molecule is COc1ccc([C@H]2C=Cc3c(OC)ccc(OC)c3[C@H]2O)cc1. The van der Waals surface area contributed by atoms with E-state index in [1.165, 1.54) is 0 Å². The highest BCUT2D eigenvalue weighted by atomic mass is 16.5. The van der Waals surface area contributed by atoms with Gasteiger partial charge in [0.05, 0.1) is 27.4 Å². The molecule has 0 heterocycles. The first-order chi connectivity index (χ1) is 11.2.